The largest absolute Gasteiger partial charge is 0.379 e. The Morgan fingerprint density at radius 3 is 2.34 bits per heavy atom. The van der Waals surface area contributed by atoms with Crippen LogP contribution in [0.25, 0.3) is 22.5 Å². The molecule has 3 aromatic carbocycles. The van der Waals surface area contributed by atoms with Crippen LogP contribution in [0, 0.1) is 0 Å². The molecule has 196 valence electrons. The van der Waals surface area contributed by atoms with E-state index in [9.17, 15) is 13.2 Å². The Morgan fingerprint density at radius 1 is 0.921 bits per heavy atom. The molecule has 38 heavy (non-hydrogen) atoms. The summed E-state index contributed by atoms with van der Waals surface area (Å²) in [5.41, 5.74) is 3.45. The topological polar surface area (TPSA) is 106 Å². The maximum absolute atomic E-state index is 12.9. The van der Waals surface area contributed by atoms with Crippen molar-refractivity contribution in [3.8, 4) is 22.5 Å². The van der Waals surface area contributed by atoms with Crippen molar-refractivity contribution in [1.82, 2.24) is 19.1 Å². The monoisotopic (exact) mass is 549 g/mol. The number of carbonyl (C=O) groups excluding carboxylic acids is 1. The van der Waals surface area contributed by atoms with Crippen molar-refractivity contribution in [2.24, 2.45) is 7.05 Å². The van der Waals surface area contributed by atoms with Gasteiger partial charge in [-0.15, -0.1) is 10.2 Å². The van der Waals surface area contributed by atoms with Crippen molar-refractivity contribution in [3.05, 3.63) is 78.9 Å². The summed E-state index contributed by atoms with van der Waals surface area (Å²) in [5.74, 6) is 0.587. The highest BCUT2D eigenvalue weighted by Crippen LogP contribution is 2.29. The summed E-state index contributed by atoms with van der Waals surface area (Å²) in [5, 5.41) is 12.1. The van der Waals surface area contributed by atoms with E-state index in [1.54, 1.807) is 28.8 Å². The Hall–Kier alpha value is -3.51. The number of para-hydroxylation sites is 1. The number of benzene rings is 3. The lowest BCUT2D eigenvalue weighted by molar-refractivity contribution is -0.113. The number of morpholine rings is 1. The van der Waals surface area contributed by atoms with Gasteiger partial charge in [-0.3, -0.25) is 4.79 Å². The first kappa shape index (κ1) is 26.1. The average molecular weight is 550 g/mol. The summed E-state index contributed by atoms with van der Waals surface area (Å²) in [6.45, 7) is 1.49. The number of nitrogens with zero attached hydrogens (tertiary/aromatic N) is 4. The number of hydrogen-bond donors (Lipinski definition) is 1. The number of amides is 1. The lowest BCUT2D eigenvalue weighted by Gasteiger charge is -2.26. The van der Waals surface area contributed by atoms with E-state index in [-0.39, 0.29) is 16.6 Å². The molecule has 1 aromatic heterocycles. The zero-order valence-electron chi connectivity index (χ0n) is 20.8. The molecule has 1 aliphatic rings. The number of aromatic nitrogens is 3. The van der Waals surface area contributed by atoms with Gasteiger partial charge in [0.05, 0.1) is 23.9 Å². The molecule has 11 heteroatoms. The summed E-state index contributed by atoms with van der Waals surface area (Å²) >= 11 is 1.28. The fourth-order valence-electron chi connectivity index (χ4n) is 4.18. The van der Waals surface area contributed by atoms with Crippen LogP contribution in [-0.2, 0) is 26.6 Å². The van der Waals surface area contributed by atoms with Crippen LogP contribution in [0.15, 0.2) is 88.9 Å². The first-order chi connectivity index (χ1) is 18.4. The highest BCUT2D eigenvalue weighted by molar-refractivity contribution is 7.99. The highest BCUT2D eigenvalue weighted by atomic mass is 32.2. The predicted octanol–water partition coefficient (Wildman–Crippen LogP) is 3.90. The number of carbonyl (C=O) groups is 1. The van der Waals surface area contributed by atoms with Gasteiger partial charge >= 0.3 is 0 Å². The van der Waals surface area contributed by atoms with Gasteiger partial charge in [-0.05, 0) is 35.9 Å². The molecule has 0 radical (unpaired) electrons. The Morgan fingerprint density at radius 2 is 1.61 bits per heavy atom. The number of rotatable bonds is 8. The van der Waals surface area contributed by atoms with Crippen LogP contribution in [0.5, 0.6) is 0 Å². The van der Waals surface area contributed by atoms with Crippen LogP contribution >= 0.6 is 11.8 Å². The van der Waals surface area contributed by atoms with Gasteiger partial charge in [0.25, 0.3) is 0 Å². The molecule has 0 unspecified atom stereocenters. The van der Waals surface area contributed by atoms with E-state index in [1.165, 1.54) is 16.1 Å². The number of ether oxygens (including phenoxy) is 1. The Labute approximate surface area is 225 Å². The van der Waals surface area contributed by atoms with E-state index in [0.717, 1.165) is 22.4 Å². The Balaban J connectivity index is 1.24. The van der Waals surface area contributed by atoms with Gasteiger partial charge in [0, 0.05) is 37.0 Å². The number of nitrogens with one attached hydrogen (secondary N) is 1. The second kappa shape index (κ2) is 11.5. The number of thioether (sulfide) groups is 1. The molecule has 0 saturated carbocycles. The van der Waals surface area contributed by atoms with E-state index >= 15 is 0 Å². The normalized spacial score (nSPS) is 14.3. The van der Waals surface area contributed by atoms with Gasteiger partial charge in [-0.25, -0.2) is 8.42 Å². The van der Waals surface area contributed by atoms with Gasteiger partial charge in [0.2, 0.25) is 15.9 Å². The molecule has 0 aliphatic carbocycles. The van der Waals surface area contributed by atoms with Crippen molar-refractivity contribution in [2.45, 2.75) is 10.1 Å². The fraction of sp³-hybridized carbons (Fsp3) is 0.222. The summed E-state index contributed by atoms with van der Waals surface area (Å²) in [4.78, 5) is 13.0. The van der Waals surface area contributed by atoms with E-state index < -0.39 is 10.0 Å². The van der Waals surface area contributed by atoms with E-state index in [4.69, 9.17) is 4.74 Å². The summed E-state index contributed by atoms with van der Waals surface area (Å²) in [6.07, 6.45) is 0. The molecule has 1 amide bonds. The quantitative estimate of drug-likeness (QED) is 0.332. The van der Waals surface area contributed by atoms with Crippen LogP contribution in [0.1, 0.15) is 0 Å². The predicted molar refractivity (Wildman–Crippen MR) is 147 cm³/mol. The molecule has 1 aliphatic heterocycles. The second-order valence-electron chi connectivity index (χ2n) is 8.65. The summed E-state index contributed by atoms with van der Waals surface area (Å²) in [6, 6.07) is 24.2. The standard InChI is InChI=1S/C27H27N5O4S2/c1-31-26(21-11-13-22(14-12-21)38(34,35)32-15-17-36-18-16-32)29-30-27(31)37-19-25(33)28-24-10-6-5-9-23(24)20-7-3-2-4-8-20/h2-14H,15-19H2,1H3,(H,28,33). The first-order valence-corrected chi connectivity index (χ1v) is 14.5. The van der Waals surface area contributed by atoms with E-state index in [0.29, 0.717) is 37.3 Å². The van der Waals surface area contributed by atoms with Crippen molar-refractivity contribution in [2.75, 3.05) is 37.4 Å². The molecule has 1 saturated heterocycles. The fourth-order valence-corrected chi connectivity index (χ4v) is 6.30. The van der Waals surface area contributed by atoms with Crippen molar-refractivity contribution >= 4 is 33.4 Å². The third-order valence-electron chi connectivity index (χ3n) is 6.17. The van der Waals surface area contributed by atoms with Crippen molar-refractivity contribution in [1.29, 1.82) is 0 Å². The first-order valence-electron chi connectivity index (χ1n) is 12.1. The molecule has 9 nitrogen and oxygen atoms in total. The van der Waals surface area contributed by atoms with Crippen molar-refractivity contribution < 1.29 is 17.9 Å². The van der Waals surface area contributed by atoms with Gasteiger partial charge in [-0.1, -0.05) is 60.3 Å². The highest BCUT2D eigenvalue weighted by Gasteiger charge is 2.26. The smallest absolute Gasteiger partial charge is 0.243 e. The third-order valence-corrected chi connectivity index (χ3v) is 9.11. The number of sulfonamides is 1. The van der Waals surface area contributed by atoms with Crippen LogP contribution in [0.3, 0.4) is 0 Å². The number of anilines is 1. The molecular formula is C27H27N5O4S2. The minimum absolute atomic E-state index is 0.152. The van der Waals surface area contributed by atoms with Gasteiger partial charge < -0.3 is 14.6 Å². The SMILES string of the molecule is Cn1c(SCC(=O)Nc2ccccc2-c2ccccc2)nnc1-c1ccc(S(=O)(=O)N2CCOCC2)cc1. The molecule has 1 N–H and O–H groups in total. The molecule has 4 aromatic rings. The van der Waals surface area contributed by atoms with E-state index in [2.05, 4.69) is 15.5 Å². The van der Waals surface area contributed by atoms with Gasteiger partial charge in [0.1, 0.15) is 0 Å². The average Bonchev–Trinajstić information content (AvgIpc) is 3.33. The third kappa shape index (κ3) is 5.65. The molecular weight excluding hydrogens is 522 g/mol. The van der Waals surface area contributed by atoms with Crippen LogP contribution < -0.4 is 5.32 Å². The molecule has 0 bridgehead atoms. The second-order valence-corrected chi connectivity index (χ2v) is 11.5. The lowest BCUT2D eigenvalue weighted by Crippen LogP contribution is -2.40. The van der Waals surface area contributed by atoms with Gasteiger partial charge in [-0.2, -0.15) is 4.31 Å². The molecule has 0 spiro atoms. The van der Waals surface area contributed by atoms with Crippen LogP contribution in [0.2, 0.25) is 0 Å². The Kier molecular flexibility index (Phi) is 7.89. The molecule has 1 fully saturated rings. The zero-order chi connectivity index (χ0) is 26.5. The minimum Gasteiger partial charge on any atom is -0.379 e. The van der Waals surface area contributed by atoms with Crippen LogP contribution in [-0.4, -0.2) is 65.5 Å². The summed E-state index contributed by atoms with van der Waals surface area (Å²) in [7, 11) is -1.75. The Bertz CT molecular complexity index is 1520. The summed E-state index contributed by atoms with van der Waals surface area (Å²) < 4.78 is 34.3. The molecule has 0 atom stereocenters. The van der Waals surface area contributed by atoms with Gasteiger partial charge in [0.15, 0.2) is 11.0 Å². The van der Waals surface area contributed by atoms with Crippen LogP contribution in [0.4, 0.5) is 5.69 Å². The minimum atomic E-state index is -3.57. The lowest BCUT2D eigenvalue weighted by atomic mass is 10.0. The van der Waals surface area contributed by atoms with Crippen molar-refractivity contribution in [3.63, 3.8) is 0 Å². The maximum Gasteiger partial charge on any atom is 0.243 e. The zero-order valence-corrected chi connectivity index (χ0v) is 22.4. The number of hydrogen-bond acceptors (Lipinski definition) is 7. The molecule has 5 rings (SSSR count). The van der Waals surface area contributed by atoms with E-state index in [1.807, 2.05) is 61.6 Å². The molecule has 2 heterocycles. The maximum atomic E-state index is 12.9.